The maximum absolute atomic E-state index is 13.1. The topological polar surface area (TPSA) is 58.6 Å². The molecule has 0 bridgehead atoms. The van der Waals surface area contributed by atoms with Gasteiger partial charge in [0.25, 0.3) is 11.8 Å². The molecule has 3 aromatic rings. The van der Waals surface area contributed by atoms with Crippen LogP contribution in [0.4, 0.5) is 5.69 Å². The Balaban J connectivity index is 1.59. The lowest BCUT2D eigenvalue weighted by Crippen LogP contribution is -2.54. The number of nitrogens with zero attached hydrogens (tertiary/aromatic N) is 1. The van der Waals surface area contributed by atoms with Gasteiger partial charge in [0.2, 0.25) is 0 Å². The number of hydrogen-bond acceptors (Lipinski definition) is 4. The van der Waals surface area contributed by atoms with Gasteiger partial charge < -0.3 is 4.74 Å². The molecule has 0 spiro atoms. The number of thiocarbonyl (C=S) groups is 1. The fourth-order valence-electron chi connectivity index (χ4n) is 2.91. The molecular formula is C23H15IN2O3S. The molecule has 7 heteroatoms. The molecule has 1 N–H and O–H groups in total. The molecule has 1 saturated heterocycles. The lowest BCUT2D eigenvalue weighted by molar-refractivity contribution is -0.122. The fraction of sp³-hybridized carbons (Fsp3) is 0. The third kappa shape index (κ3) is 4.42. The lowest BCUT2D eigenvalue weighted by atomic mass is 10.1. The van der Waals surface area contributed by atoms with Gasteiger partial charge in [-0.2, -0.15) is 0 Å². The van der Waals surface area contributed by atoms with E-state index in [4.69, 9.17) is 17.0 Å². The second kappa shape index (κ2) is 8.76. The molecule has 0 aliphatic carbocycles. The minimum atomic E-state index is -0.510. The molecule has 0 atom stereocenters. The van der Waals surface area contributed by atoms with Gasteiger partial charge in [0.1, 0.15) is 17.1 Å². The molecule has 0 unspecified atom stereocenters. The van der Waals surface area contributed by atoms with Crippen molar-refractivity contribution < 1.29 is 14.3 Å². The molecule has 1 aliphatic heterocycles. The van der Waals surface area contributed by atoms with Crippen LogP contribution >= 0.6 is 34.8 Å². The highest BCUT2D eigenvalue weighted by molar-refractivity contribution is 14.1. The van der Waals surface area contributed by atoms with Crippen LogP contribution in [0, 0.1) is 3.57 Å². The molecule has 0 aromatic heterocycles. The van der Waals surface area contributed by atoms with Gasteiger partial charge in [-0.1, -0.05) is 30.3 Å². The van der Waals surface area contributed by atoms with Gasteiger partial charge in [-0.25, -0.2) is 0 Å². The van der Waals surface area contributed by atoms with Crippen LogP contribution in [0.15, 0.2) is 84.4 Å². The van der Waals surface area contributed by atoms with Crippen LogP contribution < -0.4 is 15.0 Å². The summed E-state index contributed by atoms with van der Waals surface area (Å²) >= 11 is 7.45. The number of nitrogens with one attached hydrogen (secondary N) is 1. The summed E-state index contributed by atoms with van der Waals surface area (Å²) in [5.74, 6) is 0.353. The first-order valence-corrected chi connectivity index (χ1v) is 10.5. The van der Waals surface area contributed by atoms with Gasteiger partial charge in [-0.05, 0) is 95.0 Å². The lowest BCUT2D eigenvalue weighted by Gasteiger charge is -2.29. The normalized spacial score (nSPS) is 15.3. The third-order valence-electron chi connectivity index (χ3n) is 4.36. The third-order valence-corrected chi connectivity index (χ3v) is 5.36. The van der Waals surface area contributed by atoms with Gasteiger partial charge in [0, 0.05) is 3.57 Å². The predicted octanol–water partition coefficient (Wildman–Crippen LogP) is 4.91. The summed E-state index contributed by atoms with van der Waals surface area (Å²) in [4.78, 5) is 26.8. The number of rotatable bonds is 4. The van der Waals surface area contributed by atoms with E-state index in [1.807, 2.05) is 54.6 Å². The zero-order valence-corrected chi connectivity index (χ0v) is 18.5. The molecule has 148 valence electrons. The Bertz CT molecular complexity index is 1140. The average molecular weight is 526 g/mol. The first kappa shape index (κ1) is 20.2. The van der Waals surface area contributed by atoms with Crippen molar-refractivity contribution >= 4 is 63.5 Å². The number of carbonyl (C=O) groups excluding carboxylic acids is 2. The number of carbonyl (C=O) groups is 2. The molecule has 1 aliphatic rings. The number of halogens is 1. The molecule has 0 saturated carbocycles. The van der Waals surface area contributed by atoms with Crippen molar-refractivity contribution in [2.24, 2.45) is 0 Å². The van der Waals surface area contributed by atoms with Gasteiger partial charge in [-0.3, -0.25) is 19.8 Å². The van der Waals surface area contributed by atoms with E-state index in [0.717, 1.165) is 9.13 Å². The van der Waals surface area contributed by atoms with Crippen LogP contribution in [-0.2, 0) is 9.59 Å². The molecule has 1 fully saturated rings. The quantitative estimate of drug-likeness (QED) is 0.227. The molecule has 1 heterocycles. The minimum Gasteiger partial charge on any atom is -0.457 e. The molecule has 4 rings (SSSR count). The summed E-state index contributed by atoms with van der Waals surface area (Å²) in [6.45, 7) is 0. The van der Waals surface area contributed by atoms with E-state index in [1.165, 1.54) is 4.90 Å². The second-order valence-electron chi connectivity index (χ2n) is 6.42. The highest BCUT2D eigenvalue weighted by atomic mass is 127. The number of ether oxygens (including phenoxy) is 1. The van der Waals surface area contributed by atoms with Crippen LogP contribution in [0.5, 0.6) is 11.5 Å². The number of benzene rings is 3. The summed E-state index contributed by atoms with van der Waals surface area (Å²) in [6, 6.07) is 23.9. The molecule has 5 nitrogen and oxygen atoms in total. The molecule has 0 radical (unpaired) electrons. The first-order valence-electron chi connectivity index (χ1n) is 9.01. The van der Waals surface area contributed by atoms with Crippen molar-refractivity contribution in [2.75, 3.05) is 4.90 Å². The second-order valence-corrected chi connectivity index (χ2v) is 8.05. The van der Waals surface area contributed by atoms with E-state index in [0.29, 0.717) is 17.2 Å². The Kier molecular flexibility index (Phi) is 5.91. The van der Waals surface area contributed by atoms with Crippen LogP contribution in [0.25, 0.3) is 6.08 Å². The maximum Gasteiger partial charge on any atom is 0.270 e. The van der Waals surface area contributed by atoms with E-state index in [-0.39, 0.29) is 10.7 Å². The highest BCUT2D eigenvalue weighted by Gasteiger charge is 2.34. The summed E-state index contributed by atoms with van der Waals surface area (Å²) in [7, 11) is 0. The minimum absolute atomic E-state index is 0.0226. The van der Waals surface area contributed by atoms with Gasteiger partial charge >= 0.3 is 0 Å². The average Bonchev–Trinajstić information content (AvgIpc) is 2.74. The Labute approximate surface area is 192 Å². The van der Waals surface area contributed by atoms with Gasteiger partial charge in [0.05, 0.1) is 5.69 Å². The monoisotopic (exact) mass is 526 g/mol. The molecule has 3 aromatic carbocycles. The van der Waals surface area contributed by atoms with Gasteiger partial charge in [-0.15, -0.1) is 0 Å². The summed E-state index contributed by atoms with van der Waals surface area (Å²) in [5.41, 5.74) is 1.32. The van der Waals surface area contributed by atoms with Crippen molar-refractivity contribution in [1.29, 1.82) is 0 Å². The van der Waals surface area contributed by atoms with E-state index in [9.17, 15) is 9.59 Å². The van der Waals surface area contributed by atoms with E-state index in [2.05, 4.69) is 27.9 Å². The Morgan fingerprint density at radius 2 is 1.50 bits per heavy atom. The van der Waals surface area contributed by atoms with E-state index >= 15 is 0 Å². The Morgan fingerprint density at radius 3 is 2.17 bits per heavy atom. The summed E-state index contributed by atoms with van der Waals surface area (Å²) < 4.78 is 6.85. The van der Waals surface area contributed by atoms with Gasteiger partial charge in [0.15, 0.2) is 5.11 Å². The summed E-state index contributed by atoms with van der Waals surface area (Å²) in [5, 5.41) is 2.63. The number of para-hydroxylation sites is 1. The Hall–Kier alpha value is -3.04. The van der Waals surface area contributed by atoms with Crippen molar-refractivity contribution in [3.63, 3.8) is 0 Å². The molecule has 30 heavy (non-hydrogen) atoms. The van der Waals surface area contributed by atoms with Crippen LogP contribution in [-0.4, -0.2) is 16.9 Å². The van der Waals surface area contributed by atoms with Crippen LogP contribution in [0.2, 0.25) is 0 Å². The first-order chi connectivity index (χ1) is 14.5. The maximum atomic E-state index is 13.1. The zero-order chi connectivity index (χ0) is 21.1. The van der Waals surface area contributed by atoms with E-state index < -0.39 is 11.8 Å². The van der Waals surface area contributed by atoms with E-state index in [1.54, 1.807) is 30.3 Å². The zero-order valence-electron chi connectivity index (χ0n) is 15.5. The Morgan fingerprint density at radius 1 is 0.867 bits per heavy atom. The number of amides is 2. The summed E-state index contributed by atoms with van der Waals surface area (Å²) in [6.07, 6.45) is 1.56. The SMILES string of the molecule is O=C1NC(=S)N(c2ccc(Oc3ccccc3)cc2)C(=O)C1=Cc1ccc(I)cc1. The standard InChI is InChI=1S/C23H15IN2O3S/c24-16-8-6-15(7-9-16)14-20-21(27)25-23(30)26(22(20)28)17-10-12-19(13-11-17)29-18-4-2-1-3-5-18/h1-14H,(H,25,27,30). The van der Waals surface area contributed by atoms with Crippen molar-refractivity contribution in [3.05, 3.63) is 93.6 Å². The number of anilines is 1. The fourth-order valence-corrected chi connectivity index (χ4v) is 3.55. The largest absolute Gasteiger partial charge is 0.457 e. The van der Waals surface area contributed by atoms with Crippen molar-refractivity contribution in [2.45, 2.75) is 0 Å². The van der Waals surface area contributed by atoms with Crippen molar-refractivity contribution in [1.82, 2.24) is 5.32 Å². The highest BCUT2D eigenvalue weighted by Crippen LogP contribution is 2.27. The smallest absolute Gasteiger partial charge is 0.270 e. The van der Waals surface area contributed by atoms with Crippen molar-refractivity contribution in [3.8, 4) is 11.5 Å². The van der Waals surface area contributed by atoms with Crippen LogP contribution in [0.3, 0.4) is 0 Å². The molecule has 2 amide bonds. The molecular weight excluding hydrogens is 511 g/mol. The number of hydrogen-bond donors (Lipinski definition) is 1. The van der Waals surface area contributed by atoms with Crippen LogP contribution in [0.1, 0.15) is 5.56 Å². The predicted molar refractivity (Wildman–Crippen MR) is 128 cm³/mol.